The standard InChI is InChI=1S/C30H34N8O13S2/c1-4-48-29(47)30(7-52-24-14-22(33-10(2)35-24)37(8-31-14)26-18(43)16(41)12(5-39)49-26)21(20(45)28(46)51-30)53-25-15-23(34-11(3)36-25)38(9-32-15)27-19(44)17(42)13(6-40)50-27/h8-9,12-13,16-19,26-27,39-45H,4-7H2,1-3H3. The number of aliphatic hydroxyl groups is 7. The smallest absolute Gasteiger partial charge is 0.375 e. The molecule has 4 aromatic rings. The third-order valence-electron chi connectivity index (χ3n) is 8.84. The van der Waals surface area contributed by atoms with Crippen LogP contribution < -0.4 is 0 Å². The molecule has 2 saturated heterocycles. The van der Waals surface area contributed by atoms with Crippen LogP contribution in [0.5, 0.6) is 0 Å². The van der Waals surface area contributed by atoms with E-state index in [-0.39, 0.29) is 61.3 Å². The molecule has 9 atom stereocenters. The third-order valence-corrected chi connectivity index (χ3v) is 11.2. The van der Waals surface area contributed by atoms with Crippen molar-refractivity contribution in [2.45, 2.75) is 85.5 Å². The van der Waals surface area contributed by atoms with Gasteiger partial charge in [0.05, 0.1) is 43.1 Å². The van der Waals surface area contributed by atoms with Crippen molar-refractivity contribution in [2.24, 2.45) is 0 Å². The van der Waals surface area contributed by atoms with E-state index < -0.39 is 85.6 Å². The summed E-state index contributed by atoms with van der Waals surface area (Å²) in [5.41, 5.74) is -1.58. The van der Waals surface area contributed by atoms with Crippen molar-refractivity contribution < 1.29 is 64.3 Å². The molecule has 0 saturated carbocycles. The second kappa shape index (κ2) is 14.3. The molecule has 9 unspecified atom stereocenters. The van der Waals surface area contributed by atoms with Crippen molar-refractivity contribution >= 4 is 57.8 Å². The molecule has 23 heteroatoms. The number of cyclic esters (lactones) is 1. The molecule has 284 valence electrons. The Morgan fingerprint density at radius 1 is 0.849 bits per heavy atom. The second-order valence-electron chi connectivity index (χ2n) is 12.3. The summed E-state index contributed by atoms with van der Waals surface area (Å²) in [5.74, 6) is -3.05. The summed E-state index contributed by atoms with van der Waals surface area (Å²) in [5, 5.41) is 72.5. The number of esters is 2. The molecule has 0 spiro atoms. The van der Waals surface area contributed by atoms with Crippen LogP contribution in [0.15, 0.2) is 33.4 Å². The van der Waals surface area contributed by atoms with E-state index in [1.54, 1.807) is 20.8 Å². The summed E-state index contributed by atoms with van der Waals surface area (Å²) < 4.78 is 25.0. The van der Waals surface area contributed by atoms with Crippen LogP contribution in [0, 0.1) is 13.8 Å². The van der Waals surface area contributed by atoms with E-state index in [9.17, 15) is 45.3 Å². The summed E-state index contributed by atoms with van der Waals surface area (Å²) in [7, 11) is 0. The third kappa shape index (κ3) is 6.19. The monoisotopic (exact) mass is 778 g/mol. The number of rotatable bonds is 11. The van der Waals surface area contributed by atoms with Crippen LogP contribution in [0.2, 0.25) is 0 Å². The number of nitrogens with zero attached hydrogens (tertiary/aromatic N) is 8. The Morgan fingerprint density at radius 2 is 1.36 bits per heavy atom. The van der Waals surface area contributed by atoms with Crippen molar-refractivity contribution in [1.29, 1.82) is 0 Å². The average molecular weight is 779 g/mol. The lowest BCUT2D eigenvalue weighted by Gasteiger charge is -2.27. The predicted molar refractivity (Wildman–Crippen MR) is 178 cm³/mol. The number of imidazole rings is 2. The van der Waals surface area contributed by atoms with Gasteiger partial charge in [-0.05, 0) is 20.8 Å². The molecule has 0 amide bonds. The van der Waals surface area contributed by atoms with Crippen LogP contribution in [0.3, 0.4) is 0 Å². The highest BCUT2D eigenvalue weighted by Gasteiger charge is 2.57. The van der Waals surface area contributed by atoms with Crippen LogP contribution >= 0.6 is 23.5 Å². The Balaban J connectivity index is 1.24. The Hall–Kier alpha value is -4.04. The van der Waals surface area contributed by atoms with Gasteiger partial charge in [-0.25, -0.2) is 39.5 Å². The van der Waals surface area contributed by atoms with Crippen LogP contribution in [-0.4, -0.2) is 155 Å². The van der Waals surface area contributed by atoms with Crippen LogP contribution in [0.1, 0.15) is 31.0 Å². The first-order valence-electron chi connectivity index (χ1n) is 16.2. The maximum absolute atomic E-state index is 13.8. The molecule has 2 fully saturated rings. The minimum absolute atomic E-state index is 0.0778. The molecule has 0 bridgehead atoms. The minimum Gasteiger partial charge on any atom is -0.501 e. The molecular weight excluding hydrogens is 745 g/mol. The number of aryl methyl sites for hydroxylation is 2. The number of aromatic nitrogens is 8. The SMILES string of the molecule is CCOC(=O)C1(CSc2nc(C)nc3c2ncn3C2OC(CO)C(O)C2O)OC(=O)C(O)=C1Sc1nc(C)nc2c1ncn2C1OC(CO)C(O)C1O. The van der Waals surface area contributed by atoms with Crippen molar-refractivity contribution in [3.8, 4) is 0 Å². The average Bonchev–Trinajstić information content (AvgIpc) is 3.92. The minimum atomic E-state index is -2.24. The Labute approximate surface area is 306 Å². The summed E-state index contributed by atoms with van der Waals surface area (Å²) in [4.78, 5) is 53.1. The lowest BCUT2D eigenvalue weighted by atomic mass is 10.1. The lowest BCUT2D eigenvalue weighted by molar-refractivity contribution is -0.169. The van der Waals surface area contributed by atoms with Gasteiger partial charge in [0.25, 0.3) is 5.60 Å². The Kier molecular flexibility index (Phi) is 10.1. The Morgan fingerprint density at radius 3 is 1.85 bits per heavy atom. The number of carbonyl (C=O) groups is 2. The molecule has 4 aromatic heterocycles. The molecule has 7 heterocycles. The molecule has 3 aliphatic rings. The number of hydrogen-bond donors (Lipinski definition) is 7. The number of ether oxygens (including phenoxy) is 4. The fraction of sp³-hybridized carbons (Fsp3) is 0.533. The normalized spacial score (nSPS) is 30.2. The van der Waals surface area contributed by atoms with Crippen molar-refractivity contribution in [2.75, 3.05) is 25.6 Å². The van der Waals surface area contributed by atoms with Crippen molar-refractivity contribution in [1.82, 2.24) is 39.0 Å². The van der Waals surface area contributed by atoms with Gasteiger partial charge in [0.15, 0.2) is 23.8 Å². The summed E-state index contributed by atoms with van der Waals surface area (Å²) in [6.45, 7) is 3.49. The highest BCUT2D eigenvalue weighted by Crippen LogP contribution is 2.47. The summed E-state index contributed by atoms with van der Waals surface area (Å²) in [6.07, 6.45) is -7.49. The van der Waals surface area contributed by atoms with Crippen molar-refractivity contribution in [3.63, 3.8) is 0 Å². The van der Waals surface area contributed by atoms with E-state index in [4.69, 9.17) is 18.9 Å². The highest BCUT2D eigenvalue weighted by atomic mass is 32.2. The molecule has 21 nitrogen and oxygen atoms in total. The molecular formula is C30H34N8O13S2. The zero-order valence-corrected chi connectivity index (χ0v) is 29.7. The fourth-order valence-corrected chi connectivity index (χ4v) is 8.61. The number of aliphatic hydroxyl groups excluding tert-OH is 7. The number of fused-ring (bicyclic) bond motifs is 2. The van der Waals surface area contributed by atoms with Gasteiger partial charge < -0.3 is 54.7 Å². The van der Waals surface area contributed by atoms with E-state index in [2.05, 4.69) is 29.9 Å². The molecule has 7 N–H and O–H groups in total. The molecule has 53 heavy (non-hydrogen) atoms. The molecule has 0 radical (unpaired) electrons. The maximum atomic E-state index is 13.8. The highest BCUT2D eigenvalue weighted by molar-refractivity contribution is 8.03. The zero-order chi connectivity index (χ0) is 37.9. The van der Waals surface area contributed by atoms with Gasteiger partial charge in [0, 0.05) is 0 Å². The molecule has 0 aliphatic carbocycles. The topological polar surface area (TPSA) is 300 Å². The summed E-state index contributed by atoms with van der Waals surface area (Å²) in [6, 6.07) is 0. The quantitative estimate of drug-likeness (QED) is 0.0508. The largest absolute Gasteiger partial charge is 0.501 e. The first kappa shape index (κ1) is 37.3. The fourth-order valence-electron chi connectivity index (χ4n) is 6.22. The van der Waals surface area contributed by atoms with E-state index in [0.717, 1.165) is 11.8 Å². The lowest BCUT2D eigenvalue weighted by Crippen LogP contribution is -2.44. The molecule has 7 rings (SSSR count). The van der Waals surface area contributed by atoms with Gasteiger partial charge in [0.2, 0.25) is 5.76 Å². The maximum Gasteiger partial charge on any atom is 0.375 e. The van der Waals surface area contributed by atoms with E-state index in [1.807, 2.05) is 0 Å². The first-order valence-corrected chi connectivity index (χ1v) is 18.0. The van der Waals surface area contributed by atoms with Gasteiger partial charge >= 0.3 is 11.9 Å². The van der Waals surface area contributed by atoms with Gasteiger partial charge in [0.1, 0.15) is 69.4 Å². The number of carbonyl (C=O) groups excluding carboxylic acids is 2. The van der Waals surface area contributed by atoms with Crippen LogP contribution in [-0.2, 0) is 28.5 Å². The predicted octanol–water partition coefficient (Wildman–Crippen LogP) is -1.68. The zero-order valence-electron chi connectivity index (χ0n) is 28.1. The van der Waals surface area contributed by atoms with Crippen molar-refractivity contribution in [3.05, 3.63) is 35.0 Å². The van der Waals surface area contributed by atoms with E-state index in [0.29, 0.717) is 11.8 Å². The molecule has 0 aromatic carbocycles. The van der Waals surface area contributed by atoms with Gasteiger partial charge in [-0.1, -0.05) is 23.5 Å². The Bertz CT molecular complexity index is 2110. The van der Waals surface area contributed by atoms with E-state index in [1.165, 1.54) is 21.8 Å². The van der Waals surface area contributed by atoms with E-state index >= 15 is 0 Å². The van der Waals surface area contributed by atoms with Crippen LogP contribution in [0.25, 0.3) is 22.3 Å². The van der Waals surface area contributed by atoms with Gasteiger partial charge in [-0.15, -0.1) is 0 Å². The number of thioether (sulfide) groups is 2. The summed E-state index contributed by atoms with van der Waals surface area (Å²) >= 11 is 1.63. The number of hydrogen-bond acceptors (Lipinski definition) is 21. The van der Waals surface area contributed by atoms with Crippen LogP contribution in [0.4, 0.5) is 0 Å². The van der Waals surface area contributed by atoms with Gasteiger partial charge in [-0.3, -0.25) is 9.13 Å². The van der Waals surface area contributed by atoms with Gasteiger partial charge in [-0.2, -0.15) is 0 Å². The first-order chi connectivity index (χ1) is 25.3. The molecule has 3 aliphatic heterocycles. The second-order valence-corrected chi connectivity index (χ2v) is 14.2.